The maximum atomic E-state index is 14.3. The third-order valence-corrected chi connectivity index (χ3v) is 4.84. The lowest BCUT2D eigenvalue weighted by Gasteiger charge is -2.40. The first-order valence-electron chi connectivity index (χ1n) is 8.51. The zero-order valence-electron chi connectivity index (χ0n) is 15.2. The van der Waals surface area contributed by atoms with Gasteiger partial charge in [0.15, 0.2) is 0 Å². The van der Waals surface area contributed by atoms with Crippen LogP contribution in [-0.2, 0) is 0 Å². The van der Waals surface area contributed by atoms with E-state index in [2.05, 4.69) is 4.90 Å². The van der Waals surface area contributed by atoms with E-state index >= 15 is 0 Å². The number of benzene rings is 2. The summed E-state index contributed by atoms with van der Waals surface area (Å²) in [5, 5.41) is 0. The summed E-state index contributed by atoms with van der Waals surface area (Å²) in [4.78, 5) is 17.0. The predicted molar refractivity (Wildman–Crippen MR) is 97.2 cm³/mol. The fourth-order valence-corrected chi connectivity index (χ4v) is 3.36. The van der Waals surface area contributed by atoms with Gasteiger partial charge >= 0.3 is 0 Å². The van der Waals surface area contributed by atoms with Crippen molar-refractivity contribution in [3.63, 3.8) is 0 Å². The van der Waals surface area contributed by atoms with Gasteiger partial charge in [0.05, 0.1) is 20.3 Å². The van der Waals surface area contributed by atoms with Gasteiger partial charge in [-0.3, -0.25) is 9.69 Å². The van der Waals surface area contributed by atoms with Crippen LogP contribution in [0.15, 0.2) is 42.5 Å². The molecular formula is C20H23FN2O3. The van der Waals surface area contributed by atoms with Crippen LogP contribution in [0.25, 0.3) is 0 Å². The molecule has 0 bridgehead atoms. The van der Waals surface area contributed by atoms with Crippen molar-refractivity contribution in [2.45, 2.75) is 6.04 Å². The van der Waals surface area contributed by atoms with Crippen molar-refractivity contribution in [1.82, 2.24) is 9.80 Å². The number of amides is 1. The van der Waals surface area contributed by atoms with E-state index in [4.69, 9.17) is 9.47 Å². The van der Waals surface area contributed by atoms with Crippen LogP contribution >= 0.6 is 0 Å². The SMILES string of the molecule is COc1cccc(OC)c1C(=O)N1CCN(C)C(c2ccccc2F)C1. The zero-order chi connectivity index (χ0) is 18.7. The minimum Gasteiger partial charge on any atom is -0.496 e. The van der Waals surface area contributed by atoms with E-state index < -0.39 is 0 Å². The topological polar surface area (TPSA) is 42.0 Å². The number of piperazine rings is 1. The van der Waals surface area contributed by atoms with Gasteiger partial charge in [0.25, 0.3) is 5.91 Å². The molecule has 1 aliphatic heterocycles. The molecule has 2 aromatic carbocycles. The number of methoxy groups -OCH3 is 2. The summed E-state index contributed by atoms with van der Waals surface area (Å²) in [6, 6.07) is 11.8. The van der Waals surface area contributed by atoms with E-state index in [0.29, 0.717) is 42.3 Å². The molecule has 1 aliphatic rings. The number of likely N-dealkylation sites (N-methyl/N-ethyl adjacent to an activating group) is 1. The van der Waals surface area contributed by atoms with Gasteiger partial charge in [0.2, 0.25) is 0 Å². The molecule has 1 saturated heterocycles. The van der Waals surface area contributed by atoms with Gasteiger partial charge in [-0.15, -0.1) is 0 Å². The van der Waals surface area contributed by atoms with Gasteiger partial charge in [0, 0.05) is 25.2 Å². The highest BCUT2D eigenvalue weighted by Gasteiger charge is 2.32. The van der Waals surface area contributed by atoms with Crippen LogP contribution in [0.1, 0.15) is 22.0 Å². The summed E-state index contributed by atoms with van der Waals surface area (Å²) in [5.41, 5.74) is 0.994. The second kappa shape index (κ2) is 7.74. The van der Waals surface area contributed by atoms with Crippen molar-refractivity contribution in [1.29, 1.82) is 0 Å². The molecule has 6 heteroatoms. The average Bonchev–Trinajstić information content (AvgIpc) is 2.67. The van der Waals surface area contributed by atoms with Crippen LogP contribution in [0.3, 0.4) is 0 Å². The predicted octanol–water partition coefficient (Wildman–Crippen LogP) is 2.97. The molecule has 1 heterocycles. The summed E-state index contributed by atoms with van der Waals surface area (Å²) in [6.07, 6.45) is 0. The molecule has 0 aromatic heterocycles. The Hall–Kier alpha value is -2.60. The van der Waals surface area contributed by atoms with Crippen molar-refractivity contribution in [3.8, 4) is 11.5 Å². The van der Waals surface area contributed by atoms with Gasteiger partial charge in [-0.1, -0.05) is 24.3 Å². The highest BCUT2D eigenvalue weighted by Crippen LogP contribution is 2.32. The number of nitrogens with zero attached hydrogens (tertiary/aromatic N) is 2. The van der Waals surface area contributed by atoms with Gasteiger partial charge in [-0.25, -0.2) is 4.39 Å². The molecule has 0 spiro atoms. The highest BCUT2D eigenvalue weighted by atomic mass is 19.1. The summed E-state index contributed by atoms with van der Waals surface area (Å²) in [7, 11) is 5.00. The third kappa shape index (κ3) is 3.37. The van der Waals surface area contributed by atoms with E-state index in [-0.39, 0.29) is 17.8 Å². The lowest BCUT2D eigenvalue weighted by atomic mass is 10.0. The van der Waals surface area contributed by atoms with Gasteiger partial charge in [0.1, 0.15) is 22.9 Å². The second-order valence-electron chi connectivity index (χ2n) is 6.31. The Morgan fingerprint density at radius 1 is 1.04 bits per heavy atom. The largest absolute Gasteiger partial charge is 0.496 e. The van der Waals surface area contributed by atoms with Crippen LogP contribution in [0.5, 0.6) is 11.5 Å². The zero-order valence-corrected chi connectivity index (χ0v) is 15.2. The molecule has 5 nitrogen and oxygen atoms in total. The Kier molecular flexibility index (Phi) is 5.42. The Morgan fingerprint density at radius 2 is 1.69 bits per heavy atom. The molecule has 0 aliphatic carbocycles. The number of hydrogen-bond donors (Lipinski definition) is 0. The molecule has 1 fully saturated rings. The third-order valence-electron chi connectivity index (χ3n) is 4.84. The maximum absolute atomic E-state index is 14.3. The molecule has 0 N–H and O–H groups in total. The number of hydrogen-bond acceptors (Lipinski definition) is 4. The Labute approximate surface area is 152 Å². The van der Waals surface area contributed by atoms with Crippen LogP contribution in [0.2, 0.25) is 0 Å². The van der Waals surface area contributed by atoms with Crippen molar-refractivity contribution < 1.29 is 18.7 Å². The number of carbonyl (C=O) groups excluding carboxylic acids is 1. The van der Waals surface area contributed by atoms with Crippen molar-refractivity contribution in [3.05, 3.63) is 59.4 Å². The van der Waals surface area contributed by atoms with Crippen molar-refractivity contribution in [2.75, 3.05) is 40.9 Å². The molecule has 1 unspecified atom stereocenters. The first-order valence-corrected chi connectivity index (χ1v) is 8.51. The molecule has 26 heavy (non-hydrogen) atoms. The summed E-state index contributed by atoms with van der Waals surface area (Å²) in [5.74, 6) is 0.508. The molecule has 2 aromatic rings. The summed E-state index contributed by atoms with van der Waals surface area (Å²) < 4.78 is 25.0. The fraction of sp³-hybridized carbons (Fsp3) is 0.350. The summed E-state index contributed by atoms with van der Waals surface area (Å²) >= 11 is 0. The van der Waals surface area contributed by atoms with E-state index in [9.17, 15) is 9.18 Å². The van der Waals surface area contributed by atoms with Crippen LogP contribution in [0.4, 0.5) is 4.39 Å². The number of ether oxygens (including phenoxy) is 2. The number of carbonyl (C=O) groups is 1. The molecule has 0 radical (unpaired) electrons. The van der Waals surface area contributed by atoms with Crippen LogP contribution in [-0.4, -0.2) is 56.6 Å². The monoisotopic (exact) mass is 358 g/mol. The van der Waals surface area contributed by atoms with Gasteiger partial charge in [-0.05, 0) is 25.2 Å². The van der Waals surface area contributed by atoms with Gasteiger partial charge < -0.3 is 14.4 Å². The lowest BCUT2D eigenvalue weighted by Crippen LogP contribution is -2.49. The fourth-order valence-electron chi connectivity index (χ4n) is 3.36. The van der Waals surface area contributed by atoms with Gasteiger partial charge in [-0.2, -0.15) is 0 Å². The van der Waals surface area contributed by atoms with Crippen LogP contribution < -0.4 is 9.47 Å². The Balaban J connectivity index is 1.91. The standard InChI is InChI=1S/C20H23FN2O3/c1-22-11-12-23(13-16(22)14-7-4-5-8-15(14)21)20(24)19-17(25-2)9-6-10-18(19)26-3/h4-10,16H,11-13H2,1-3H3. The maximum Gasteiger partial charge on any atom is 0.261 e. The van der Waals surface area contributed by atoms with E-state index in [1.807, 2.05) is 13.1 Å². The minimum absolute atomic E-state index is 0.172. The van der Waals surface area contributed by atoms with E-state index in [1.165, 1.54) is 20.3 Å². The molecular weight excluding hydrogens is 335 g/mol. The Bertz CT molecular complexity index is 774. The second-order valence-corrected chi connectivity index (χ2v) is 6.31. The molecule has 3 rings (SSSR count). The molecule has 1 amide bonds. The van der Waals surface area contributed by atoms with E-state index in [0.717, 1.165) is 0 Å². The average molecular weight is 358 g/mol. The molecule has 0 saturated carbocycles. The van der Waals surface area contributed by atoms with Crippen molar-refractivity contribution in [2.24, 2.45) is 0 Å². The Morgan fingerprint density at radius 3 is 2.31 bits per heavy atom. The highest BCUT2D eigenvalue weighted by molar-refractivity contribution is 5.99. The lowest BCUT2D eigenvalue weighted by molar-refractivity contribution is 0.0534. The smallest absolute Gasteiger partial charge is 0.261 e. The minimum atomic E-state index is -0.256. The normalized spacial score (nSPS) is 17.8. The summed E-state index contributed by atoms with van der Waals surface area (Å²) in [6.45, 7) is 1.61. The quantitative estimate of drug-likeness (QED) is 0.843. The first kappa shape index (κ1) is 18.2. The van der Waals surface area contributed by atoms with Crippen molar-refractivity contribution >= 4 is 5.91 Å². The molecule has 1 atom stereocenters. The number of halogens is 1. The first-order chi connectivity index (χ1) is 12.6. The number of rotatable bonds is 4. The molecule has 138 valence electrons. The van der Waals surface area contributed by atoms with E-state index in [1.54, 1.807) is 35.2 Å². The van der Waals surface area contributed by atoms with Crippen LogP contribution in [0, 0.1) is 5.82 Å².